The molecule has 27 heavy (non-hydrogen) atoms. The fourth-order valence-corrected chi connectivity index (χ4v) is 4.28. The van der Waals surface area contributed by atoms with Gasteiger partial charge in [-0.2, -0.15) is 0 Å². The Morgan fingerprint density at radius 3 is 2.89 bits per heavy atom. The SMILES string of the molecule is COc1ccccc1C(=O)NCCC(=O)NC1CCSc2ccc(Cl)cc21. The summed E-state index contributed by atoms with van der Waals surface area (Å²) in [6.07, 6.45) is 1.07. The summed E-state index contributed by atoms with van der Waals surface area (Å²) in [5.41, 5.74) is 1.51. The van der Waals surface area contributed by atoms with E-state index in [1.807, 2.05) is 18.2 Å². The fraction of sp³-hybridized carbons (Fsp3) is 0.300. The fourth-order valence-electron chi connectivity index (χ4n) is 3.00. The van der Waals surface area contributed by atoms with Crippen LogP contribution in [0, 0.1) is 0 Å². The van der Waals surface area contributed by atoms with Crippen LogP contribution in [0.4, 0.5) is 0 Å². The van der Waals surface area contributed by atoms with E-state index in [4.69, 9.17) is 16.3 Å². The number of methoxy groups -OCH3 is 1. The van der Waals surface area contributed by atoms with Crippen molar-refractivity contribution in [2.75, 3.05) is 19.4 Å². The van der Waals surface area contributed by atoms with Crippen LogP contribution in [0.25, 0.3) is 0 Å². The van der Waals surface area contributed by atoms with E-state index in [0.717, 1.165) is 22.6 Å². The summed E-state index contributed by atoms with van der Waals surface area (Å²) in [6.45, 7) is 0.257. The van der Waals surface area contributed by atoms with Gasteiger partial charge in [-0.3, -0.25) is 9.59 Å². The van der Waals surface area contributed by atoms with Gasteiger partial charge >= 0.3 is 0 Å². The molecule has 1 aliphatic heterocycles. The highest BCUT2D eigenvalue weighted by molar-refractivity contribution is 7.99. The molecule has 1 unspecified atom stereocenters. The number of hydrogen-bond acceptors (Lipinski definition) is 4. The third kappa shape index (κ3) is 4.96. The van der Waals surface area contributed by atoms with Crippen LogP contribution < -0.4 is 15.4 Å². The maximum absolute atomic E-state index is 12.3. The summed E-state index contributed by atoms with van der Waals surface area (Å²) < 4.78 is 5.18. The van der Waals surface area contributed by atoms with Crippen LogP contribution in [-0.2, 0) is 4.79 Å². The molecule has 2 N–H and O–H groups in total. The summed E-state index contributed by atoms with van der Waals surface area (Å²) in [6, 6.07) is 12.7. The third-order valence-electron chi connectivity index (χ3n) is 4.34. The number of carbonyl (C=O) groups is 2. The maximum atomic E-state index is 12.3. The number of amides is 2. The van der Waals surface area contributed by atoms with Gasteiger partial charge in [0.2, 0.25) is 5.91 Å². The molecule has 2 aromatic carbocycles. The quantitative estimate of drug-likeness (QED) is 0.768. The Morgan fingerprint density at radius 2 is 2.07 bits per heavy atom. The second-order valence-corrected chi connectivity index (χ2v) is 7.72. The van der Waals surface area contributed by atoms with Gasteiger partial charge in [0.05, 0.1) is 18.7 Å². The molecule has 3 rings (SSSR count). The van der Waals surface area contributed by atoms with Crippen molar-refractivity contribution < 1.29 is 14.3 Å². The maximum Gasteiger partial charge on any atom is 0.255 e. The van der Waals surface area contributed by atoms with E-state index in [1.54, 1.807) is 36.0 Å². The van der Waals surface area contributed by atoms with Gasteiger partial charge in [-0.15, -0.1) is 11.8 Å². The Hall–Kier alpha value is -2.18. The summed E-state index contributed by atoms with van der Waals surface area (Å²) in [5, 5.41) is 6.48. The first-order valence-electron chi connectivity index (χ1n) is 8.71. The van der Waals surface area contributed by atoms with E-state index in [-0.39, 0.29) is 30.8 Å². The summed E-state index contributed by atoms with van der Waals surface area (Å²) in [7, 11) is 1.52. The van der Waals surface area contributed by atoms with Crippen LogP contribution in [0.15, 0.2) is 47.4 Å². The number of carbonyl (C=O) groups excluding carboxylic acids is 2. The molecule has 0 aromatic heterocycles. The van der Waals surface area contributed by atoms with Crippen molar-refractivity contribution in [2.24, 2.45) is 0 Å². The average Bonchev–Trinajstić information content (AvgIpc) is 2.68. The van der Waals surface area contributed by atoms with Gasteiger partial charge in [-0.05, 0) is 42.3 Å². The first kappa shape index (κ1) is 19.6. The van der Waals surface area contributed by atoms with Crippen molar-refractivity contribution in [1.82, 2.24) is 10.6 Å². The molecule has 2 amide bonds. The topological polar surface area (TPSA) is 67.4 Å². The molecule has 2 aromatic rings. The van der Waals surface area contributed by atoms with Gasteiger partial charge < -0.3 is 15.4 Å². The molecule has 1 atom stereocenters. The van der Waals surface area contributed by atoms with E-state index in [0.29, 0.717) is 16.3 Å². The number of halogens is 1. The Bertz CT molecular complexity index is 844. The number of para-hydroxylation sites is 1. The smallest absolute Gasteiger partial charge is 0.255 e. The predicted octanol–water partition coefficient (Wildman–Crippen LogP) is 3.82. The molecule has 0 bridgehead atoms. The lowest BCUT2D eigenvalue weighted by Crippen LogP contribution is -2.34. The van der Waals surface area contributed by atoms with Crippen molar-refractivity contribution >= 4 is 35.2 Å². The van der Waals surface area contributed by atoms with Crippen molar-refractivity contribution in [1.29, 1.82) is 0 Å². The third-order valence-corrected chi connectivity index (χ3v) is 5.69. The summed E-state index contributed by atoms with van der Waals surface area (Å²) >= 11 is 7.87. The molecule has 142 valence electrons. The lowest BCUT2D eigenvalue weighted by atomic mass is 10.0. The molecular weight excluding hydrogens is 384 g/mol. The van der Waals surface area contributed by atoms with E-state index in [2.05, 4.69) is 10.6 Å². The molecule has 0 aliphatic carbocycles. The van der Waals surface area contributed by atoms with Crippen LogP contribution in [0.5, 0.6) is 5.75 Å². The Morgan fingerprint density at radius 1 is 1.26 bits per heavy atom. The van der Waals surface area contributed by atoms with Crippen molar-refractivity contribution in [3.05, 3.63) is 58.6 Å². The lowest BCUT2D eigenvalue weighted by Gasteiger charge is -2.26. The van der Waals surface area contributed by atoms with Crippen LogP contribution in [0.2, 0.25) is 5.02 Å². The Labute approximate surface area is 167 Å². The van der Waals surface area contributed by atoms with E-state index >= 15 is 0 Å². The zero-order chi connectivity index (χ0) is 19.2. The minimum Gasteiger partial charge on any atom is -0.496 e. The monoisotopic (exact) mass is 404 g/mol. The van der Waals surface area contributed by atoms with Gasteiger partial charge in [-0.25, -0.2) is 0 Å². The first-order valence-corrected chi connectivity index (χ1v) is 10.1. The zero-order valence-corrected chi connectivity index (χ0v) is 16.5. The van der Waals surface area contributed by atoms with Crippen LogP contribution in [0.1, 0.15) is 34.8 Å². The summed E-state index contributed by atoms with van der Waals surface area (Å²) in [4.78, 5) is 25.7. The molecule has 5 nitrogen and oxygen atoms in total. The van der Waals surface area contributed by atoms with Crippen molar-refractivity contribution in [3.63, 3.8) is 0 Å². The van der Waals surface area contributed by atoms with Gasteiger partial charge in [0.15, 0.2) is 0 Å². The highest BCUT2D eigenvalue weighted by Gasteiger charge is 2.22. The van der Waals surface area contributed by atoms with E-state index in [9.17, 15) is 9.59 Å². The normalized spacial score (nSPS) is 15.6. The molecule has 0 spiro atoms. The zero-order valence-electron chi connectivity index (χ0n) is 15.0. The molecular formula is C20H21ClN2O3S. The number of hydrogen-bond donors (Lipinski definition) is 2. The second-order valence-electron chi connectivity index (χ2n) is 6.15. The molecule has 0 fully saturated rings. The van der Waals surface area contributed by atoms with Crippen LogP contribution in [-0.4, -0.2) is 31.2 Å². The van der Waals surface area contributed by atoms with Crippen molar-refractivity contribution in [3.8, 4) is 5.75 Å². The van der Waals surface area contributed by atoms with Gasteiger partial charge in [-0.1, -0.05) is 23.7 Å². The van der Waals surface area contributed by atoms with E-state index in [1.165, 1.54) is 7.11 Å². The van der Waals surface area contributed by atoms with Gasteiger partial charge in [0.1, 0.15) is 5.75 Å². The average molecular weight is 405 g/mol. The molecule has 1 aliphatic rings. The summed E-state index contributed by atoms with van der Waals surface area (Å²) in [5.74, 6) is 1.10. The molecule has 0 radical (unpaired) electrons. The second kappa shape index (κ2) is 9.15. The number of ether oxygens (including phenoxy) is 1. The van der Waals surface area contributed by atoms with Gasteiger partial charge in [0.25, 0.3) is 5.91 Å². The Balaban J connectivity index is 1.52. The number of fused-ring (bicyclic) bond motifs is 1. The van der Waals surface area contributed by atoms with Gasteiger partial charge in [0, 0.05) is 28.6 Å². The van der Waals surface area contributed by atoms with E-state index < -0.39 is 0 Å². The molecule has 7 heteroatoms. The minimum absolute atomic E-state index is 0.0441. The standard InChI is InChI=1S/C20H21ClN2O3S/c1-26-17-5-3-2-4-14(17)20(25)22-10-8-19(24)23-16-9-11-27-18-7-6-13(21)12-15(16)18/h2-7,12,16H,8-11H2,1H3,(H,22,25)(H,23,24). The minimum atomic E-state index is -0.258. The van der Waals surface area contributed by atoms with Crippen molar-refractivity contribution in [2.45, 2.75) is 23.8 Å². The highest BCUT2D eigenvalue weighted by atomic mass is 35.5. The number of nitrogens with one attached hydrogen (secondary N) is 2. The highest BCUT2D eigenvalue weighted by Crippen LogP contribution is 2.37. The molecule has 0 saturated heterocycles. The van der Waals surface area contributed by atoms with Crippen LogP contribution in [0.3, 0.4) is 0 Å². The Kier molecular flexibility index (Phi) is 6.63. The number of thioether (sulfide) groups is 1. The number of rotatable bonds is 6. The predicted molar refractivity (Wildman–Crippen MR) is 108 cm³/mol. The lowest BCUT2D eigenvalue weighted by molar-refractivity contribution is -0.121. The number of benzene rings is 2. The molecule has 1 heterocycles. The van der Waals surface area contributed by atoms with Crippen LogP contribution >= 0.6 is 23.4 Å². The first-order chi connectivity index (χ1) is 13.1. The largest absolute Gasteiger partial charge is 0.496 e. The molecule has 0 saturated carbocycles.